The number of halogens is 1. The van der Waals surface area contributed by atoms with Crippen LogP contribution in [0.2, 0.25) is 0 Å². The van der Waals surface area contributed by atoms with Crippen molar-refractivity contribution in [1.29, 1.82) is 0 Å². The molecule has 42 heavy (non-hydrogen) atoms. The summed E-state index contributed by atoms with van der Waals surface area (Å²) < 4.78 is 16.0. The Morgan fingerprint density at radius 3 is 2.17 bits per heavy atom. The average molecular weight is 580 g/mol. The lowest BCUT2D eigenvalue weighted by Gasteiger charge is -2.28. The summed E-state index contributed by atoms with van der Waals surface area (Å²) in [6.45, 7) is 11.3. The molecule has 10 heteroatoms. The van der Waals surface area contributed by atoms with Crippen LogP contribution in [0, 0.1) is 19.7 Å². The second kappa shape index (κ2) is 13.9. The molecule has 3 aromatic rings. The van der Waals surface area contributed by atoms with Crippen molar-refractivity contribution >= 4 is 41.1 Å². The molecule has 9 nitrogen and oxygen atoms in total. The van der Waals surface area contributed by atoms with Crippen LogP contribution in [-0.2, 0) is 22.1 Å². The van der Waals surface area contributed by atoms with E-state index in [1.165, 1.54) is 40.5 Å². The Labute approximate surface area is 247 Å². The highest BCUT2D eigenvalue weighted by Gasteiger charge is 2.50. The number of nitrogens with one attached hydrogen (secondary N) is 1. The molecule has 0 atom stereocenters. The summed E-state index contributed by atoms with van der Waals surface area (Å²) in [7, 11) is 4.55. The van der Waals surface area contributed by atoms with Gasteiger partial charge < -0.3 is 16.0 Å². The van der Waals surface area contributed by atoms with Crippen LogP contribution in [-0.4, -0.2) is 41.8 Å². The molecule has 3 N–H and O–H groups in total. The largest absolute Gasteiger partial charge is 0.369 e. The van der Waals surface area contributed by atoms with E-state index in [9.17, 15) is 23.6 Å². The summed E-state index contributed by atoms with van der Waals surface area (Å²) in [5.41, 5.74) is 6.32. The van der Waals surface area contributed by atoms with Gasteiger partial charge in [-0.2, -0.15) is 0 Å². The minimum Gasteiger partial charge on any atom is -0.369 e. The first-order valence-electron chi connectivity index (χ1n) is 14.1. The standard InChI is InChI=1S/C28H30FN5O4.2C2H6/c1-16-9-10-21(20(29)13-16)31-24-22(26(37)32(3)4)23(17(2)25(36)33(24)5)34(15-35)19-8-6-7-18(14-19)28(11-12-28)27(30)38;2*1-2/h6-10,13-15,31H,11-12H2,1-5H3,(H2,30,38);2*1-2H3. The molecule has 3 amide bonds. The van der Waals surface area contributed by atoms with E-state index in [-0.39, 0.29) is 28.3 Å². The molecular formula is C32H42FN5O4. The third kappa shape index (κ3) is 6.37. The number of aromatic nitrogens is 1. The number of benzene rings is 2. The van der Waals surface area contributed by atoms with Crippen molar-refractivity contribution in [2.75, 3.05) is 24.3 Å². The van der Waals surface area contributed by atoms with E-state index < -0.39 is 28.6 Å². The predicted molar refractivity (Wildman–Crippen MR) is 166 cm³/mol. The summed E-state index contributed by atoms with van der Waals surface area (Å²) in [5.74, 6) is -1.50. The number of nitrogens with zero attached hydrogens (tertiary/aromatic N) is 3. The summed E-state index contributed by atoms with van der Waals surface area (Å²) in [6.07, 6.45) is 1.70. The number of hydrogen-bond donors (Lipinski definition) is 2. The fraction of sp³-hybridized carbons (Fsp3) is 0.375. The predicted octanol–water partition coefficient (Wildman–Crippen LogP) is 5.45. The fourth-order valence-corrected chi connectivity index (χ4v) is 4.64. The van der Waals surface area contributed by atoms with Crippen LogP contribution in [0.3, 0.4) is 0 Å². The van der Waals surface area contributed by atoms with Crippen molar-refractivity contribution in [3.05, 3.63) is 80.9 Å². The summed E-state index contributed by atoms with van der Waals surface area (Å²) in [4.78, 5) is 54.2. The summed E-state index contributed by atoms with van der Waals surface area (Å²) >= 11 is 0. The van der Waals surface area contributed by atoms with Gasteiger partial charge in [0, 0.05) is 32.4 Å². The quantitative estimate of drug-likeness (QED) is 0.344. The maximum atomic E-state index is 14.8. The number of carbonyl (C=O) groups excluding carboxylic acids is 3. The third-order valence-corrected chi connectivity index (χ3v) is 7.03. The van der Waals surface area contributed by atoms with Gasteiger partial charge in [0.15, 0.2) is 0 Å². The van der Waals surface area contributed by atoms with Crippen molar-refractivity contribution in [3.8, 4) is 0 Å². The first-order chi connectivity index (χ1) is 19.9. The van der Waals surface area contributed by atoms with Gasteiger partial charge in [-0.05, 0) is 62.1 Å². The molecule has 0 aliphatic heterocycles. The van der Waals surface area contributed by atoms with E-state index in [2.05, 4.69) is 5.32 Å². The van der Waals surface area contributed by atoms with E-state index in [0.717, 1.165) is 0 Å². The lowest BCUT2D eigenvalue weighted by Crippen LogP contribution is -2.33. The number of amides is 3. The maximum absolute atomic E-state index is 14.8. The summed E-state index contributed by atoms with van der Waals surface area (Å²) in [6, 6.07) is 11.3. The summed E-state index contributed by atoms with van der Waals surface area (Å²) in [5, 5.41) is 2.91. The molecule has 2 aromatic carbocycles. The Hall–Kier alpha value is -4.47. The molecular weight excluding hydrogens is 537 g/mol. The van der Waals surface area contributed by atoms with Gasteiger partial charge in [-0.15, -0.1) is 0 Å². The van der Waals surface area contributed by atoms with E-state index in [0.29, 0.717) is 36.1 Å². The molecule has 1 aliphatic rings. The van der Waals surface area contributed by atoms with Crippen molar-refractivity contribution < 1.29 is 18.8 Å². The van der Waals surface area contributed by atoms with Gasteiger partial charge in [0.2, 0.25) is 12.3 Å². The molecule has 0 radical (unpaired) electrons. The number of anilines is 4. The van der Waals surface area contributed by atoms with Crippen molar-refractivity contribution in [2.45, 2.75) is 59.8 Å². The van der Waals surface area contributed by atoms with Gasteiger partial charge in [0.25, 0.3) is 11.5 Å². The van der Waals surface area contributed by atoms with Crippen LogP contribution in [0.1, 0.15) is 67.6 Å². The fourth-order valence-electron chi connectivity index (χ4n) is 4.64. The Balaban J connectivity index is 0.00000148. The SMILES string of the molecule is CC.CC.Cc1ccc(Nc2c(C(=O)N(C)C)c(N(C=O)c3cccc(C4(C(N)=O)CC4)c3)c(C)c(=O)n2C)c(F)c1. The number of rotatable bonds is 8. The molecule has 0 unspecified atom stereocenters. The minimum atomic E-state index is -0.801. The van der Waals surface area contributed by atoms with Crippen molar-refractivity contribution in [2.24, 2.45) is 12.8 Å². The second-order valence-electron chi connectivity index (χ2n) is 9.84. The highest BCUT2D eigenvalue weighted by atomic mass is 19.1. The lowest BCUT2D eigenvalue weighted by molar-refractivity contribution is -0.120. The Morgan fingerprint density at radius 1 is 1.05 bits per heavy atom. The zero-order chi connectivity index (χ0) is 31.9. The van der Waals surface area contributed by atoms with Gasteiger partial charge in [0.05, 0.1) is 16.8 Å². The number of primary amides is 1. The molecule has 4 rings (SSSR count). The van der Waals surface area contributed by atoms with Gasteiger partial charge in [0.1, 0.15) is 17.2 Å². The monoisotopic (exact) mass is 579 g/mol. The molecule has 226 valence electrons. The molecule has 0 saturated heterocycles. The third-order valence-electron chi connectivity index (χ3n) is 7.03. The van der Waals surface area contributed by atoms with Gasteiger partial charge in [-0.1, -0.05) is 45.9 Å². The van der Waals surface area contributed by atoms with E-state index in [4.69, 9.17) is 5.73 Å². The van der Waals surface area contributed by atoms with Gasteiger partial charge in [-0.25, -0.2) is 4.39 Å². The number of aryl methyl sites for hydroxylation is 1. The van der Waals surface area contributed by atoms with E-state index >= 15 is 0 Å². The molecule has 1 aromatic heterocycles. The number of pyridine rings is 1. The zero-order valence-electron chi connectivity index (χ0n) is 26.0. The lowest BCUT2D eigenvalue weighted by atomic mass is 9.94. The van der Waals surface area contributed by atoms with Crippen LogP contribution in [0.5, 0.6) is 0 Å². The smallest absolute Gasteiger partial charge is 0.259 e. The minimum absolute atomic E-state index is 0.00288. The highest BCUT2D eigenvalue weighted by molar-refractivity contribution is 6.08. The van der Waals surface area contributed by atoms with E-state index in [1.807, 2.05) is 27.7 Å². The molecule has 1 aliphatic carbocycles. The first-order valence-corrected chi connectivity index (χ1v) is 14.1. The van der Waals surface area contributed by atoms with Crippen molar-refractivity contribution in [3.63, 3.8) is 0 Å². The Kier molecular flexibility index (Phi) is 11.2. The van der Waals surface area contributed by atoms with Crippen molar-refractivity contribution in [1.82, 2.24) is 9.47 Å². The van der Waals surface area contributed by atoms with Gasteiger partial charge in [-0.3, -0.25) is 28.6 Å². The molecule has 1 saturated carbocycles. The first kappa shape index (κ1) is 33.7. The normalized spacial score (nSPS) is 12.5. The number of hydrogen-bond acceptors (Lipinski definition) is 5. The van der Waals surface area contributed by atoms with Crippen LogP contribution in [0.25, 0.3) is 0 Å². The molecule has 0 spiro atoms. The molecule has 0 bridgehead atoms. The van der Waals surface area contributed by atoms with Crippen LogP contribution < -0.4 is 21.5 Å². The topological polar surface area (TPSA) is 118 Å². The molecule has 1 heterocycles. The Morgan fingerprint density at radius 2 is 1.67 bits per heavy atom. The Bertz CT molecular complexity index is 1530. The van der Waals surface area contributed by atoms with Crippen LogP contribution in [0.15, 0.2) is 47.3 Å². The highest BCUT2D eigenvalue weighted by Crippen LogP contribution is 2.49. The second-order valence-corrected chi connectivity index (χ2v) is 9.84. The van der Waals surface area contributed by atoms with Crippen LogP contribution in [0.4, 0.5) is 27.3 Å². The van der Waals surface area contributed by atoms with E-state index in [1.54, 1.807) is 51.4 Å². The van der Waals surface area contributed by atoms with Crippen LogP contribution >= 0.6 is 0 Å². The number of carbonyl (C=O) groups is 3. The van der Waals surface area contributed by atoms with Gasteiger partial charge >= 0.3 is 0 Å². The average Bonchev–Trinajstić information content (AvgIpc) is 3.80. The zero-order valence-corrected chi connectivity index (χ0v) is 26.0. The maximum Gasteiger partial charge on any atom is 0.259 e. The number of nitrogens with two attached hydrogens (primary N) is 1. The molecule has 1 fully saturated rings.